The van der Waals surface area contributed by atoms with Gasteiger partial charge in [0, 0.05) is 47.7 Å². The second-order valence-electron chi connectivity index (χ2n) is 31.1. The maximum Gasteiger partial charge on any atom is 0.248 e. The molecular weight excluding hydrogens is 1590 g/mol. The fraction of sp³-hybridized carbons (Fsp3) is 0.450. The topological polar surface area (TPSA) is 567 Å². The van der Waals surface area contributed by atoms with Crippen LogP contribution >= 0.6 is 23.2 Å². The summed E-state index contributed by atoms with van der Waals surface area (Å²) in [6.07, 6.45) is -22.7. The number of carbonyl (C=O) groups excluding carboxylic acids is 8. The van der Waals surface area contributed by atoms with Crippen LogP contribution in [0.4, 0.5) is 0 Å². The van der Waals surface area contributed by atoms with Crippen LogP contribution in [0.2, 0.25) is 10.0 Å². The Morgan fingerprint density at radius 1 is 0.644 bits per heavy atom. The smallest absolute Gasteiger partial charge is 0.248 e. The molecule has 3 fully saturated rings. The maximum atomic E-state index is 16.6. The number of primary amides is 1. The van der Waals surface area contributed by atoms with E-state index in [0.29, 0.717) is 5.56 Å². The Morgan fingerprint density at radius 2 is 1.23 bits per heavy atom. The highest BCUT2D eigenvalue weighted by molar-refractivity contribution is 6.32. The molecule has 8 aliphatic heterocycles. The molecule has 11 bridgehead atoms. The molecule has 634 valence electrons. The summed E-state index contributed by atoms with van der Waals surface area (Å²) in [7, 11) is 1.48. The summed E-state index contributed by atoms with van der Waals surface area (Å²) in [5.74, 6) is -14.7. The third-order valence-corrected chi connectivity index (χ3v) is 22.1. The fourth-order valence-electron chi connectivity index (χ4n) is 15.2. The number of aliphatic hydroxyl groups excluding tert-OH is 6. The van der Waals surface area contributed by atoms with Gasteiger partial charge in [0.05, 0.1) is 53.5 Å². The van der Waals surface area contributed by atoms with Crippen molar-refractivity contribution in [3.63, 3.8) is 0 Å². The number of rotatable bonds is 17. The lowest BCUT2D eigenvalue weighted by atomic mass is 9.86. The number of halogens is 2. The number of phenols is 3. The minimum atomic E-state index is -2.37. The zero-order chi connectivity index (χ0) is 85.4. The van der Waals surface area contributed by atoms with Crippen molar-refractivity contribution < 1.29 is 122 Å². The number of carbonyl (C=O) groups is 8. The molecule has 0 saturated carbocycles. The van der Waals surface area contributed by atoms with Gasteiger partial charge in [-0.15, -0.1) is 0 Å². The number of phenolic OH excluding ortho intramolecular Hbond substituents is 3. The van der Waals surface area contributed by atoms with Gasteiger partial charge in [-0.25, -0.2) is 0 Å². The monoisotopic (exact) mass is 1680 g/mol. The van der Waals surface area contributed by atoms with E-state index in [2.05, 4.69) is 42.5 Å². The normalized spacial score (nSPS) is 30.8. The van der Waals surface area contributed by atoms with E-state index in [-0.39, 0.29) is 70.5 Å². The van der Waals surface area contributed by atoms with Crippen LogP contribution in [0.15, 0.2) is 109 Å². The van der Waals surface area contributed by atoms with Gasteiger partial charge in [-0.05, 0) is 135 Å². The van der Waals surface area contributed by atoms with Crippen molar-refractivity contribution >= 4 is 70.5 Å². The molecule has 6 aromatic carbocycles. The Balaban J connectivity index is 1.12. The summed E-state index contributed by atoms with van der Waals surface area (Å²) < 4.78 is 52.2. The molecule has 14 rings (SSSR count). The van der Waals surface area contributed by atoms with Crippen LogP contribution in [0.1, 0.15) is 131 Å². The molecule has 6 aromatic rings. The summed E-state index contributed by atoms with van der Waals surface area (Å²) in [4.78, 5) is 123. The molecule has 3 saturated heterocycles. The Labute approximate surface area is 685 Å². The van der Waals surface area contributed by atoms with E-state index in [9.17, 15) is 55.5 Å². The van der Waals surface area contributed by atoms with Crippen molar-refractivity contribution in [3.05, 3.63) is 153 Å². The standard InChI is InChI=1S/C80H95Cl2N11O25/c1-32(2)19-45(86-7)71(104)92-61-63(99)37-14-17-49(43(81)21-37)113-51-23-39-24-52(67(51)118-78-68(65(101)64(100)53(31-94)115-78)117-56-29-80(6,85)70(103)34(4)112-56)114-50-18-15-38(22-44(50)82)66(116-55-28-79(5,84)69(102)33(3)111-55)62-77(110)91-60(73(106)87-30-35-11-9-8-10-12-35)42-25-40(95)26-48(97)57(42)41-20-36(13-16-47(41)96)58(74(107)93-62)90-75(108)59(39)89-72(105)46(27-54(83)98)88-76(61)109/h8-18,20-26,32-34,45-46,53,55-56,58-66,68-70,78,86,94-97,99-103H,19,27-31,84-85H2,1-7H3,(H2,83,98)(H,87,106)(H,88,109)(H,89,105)(H,90,108)(H,91,110)(H,92,104)(H,93,107)/t33-,34-,45+,46-,53+,55-,56-,58+,59+,60-,61+,62-,63+,64+,65-,66+,68+,69-,70+,78-,79-,80-/m0/s1. The van der Waals surface area contributed by atoms with Crippen LogP contribution in [-0.2, 0) is 68.6 Å². The zero-order valence-corrected chi connectivity index (χ0v) is 66.3. The van der Waals surface area contributed by atoms with Gasteiger partial charge in [0.25, 0.3) is 0 Å². The van der Waals surface area contributed by atoms with E-state index in [0.717, 1.165) is 48.5 Å². The third-order valence-electron chi connectivity index (χ3n) is 21.5. The summed E-state index contributed by atoms with van der Waals surface area (Å²) >= 11 is 14.6. The van der Waals surface area contributed by atoms with E-state index >= 15 is 28.8 Å². The Kier molecular flexibility index (Phi) is 26.5. The Bertz CT molecular complexity index is 4800. The first-order valence-corrected chi connectivity index (χ1v) is 38.7. The fourth-order valence-corrected chi connectivity index (χ4v) is 15.6. The molecular formula is C80H95Cl2N11O25. The van der Waals surface area contributed by atoms with E-state index in [4.69, 9.17) is 78.3 Å². The molecule has 0 radical (unpaired) electrons. The van der Waals surface area contributed by atoms with Gasteiger partial charge in [-0.2, -0.15) is 0 Å². The molecule has 8 amide bonds. The van der Waals surface area contributed by atoms with Crippen LogP contribution < -0.4 is 73.9 Å². The third kappa shape index (κ3) is 19.0. The average molecular weight is 1680 g/mol. The van der Waals surface area contributed by atoms with Crippen molar-refractivity contribution in [3.8, 4) is 57.1 Å². The minimum Gasteiger partial charge on any atom is -0.508 e. The summed E-state index contributed by atoms with van der Waals surface area (Å²) in [5, 5.41) is 125. The largest absolute Gasteiger partial charge is 0.508 e. The van der Waals surface area contributed by atoms with Crippen molar-refractivity contribution in [2.45, 2.75) is 207 Å². The van der Waals surface area contributed by atoms with Gasteiger partial charge in [0.2, 0.25) is 59.3 Å². The molecule has 8 aliphatic rings. The molecule has 0 aliphatic carbocycles. The second kappa shape index (κ2) is 35.8. The number of nitrogens with one attached hydrogen (secondary N) is 8. The molecule has 118 heavy (non-hydrogen) atoms. The van der Waals surface area contributed by atoms with Crippen LogP contribution in [0.5, 0.6) is 46.0 Å². The lowest BCUT2D eigenvalue weighted by Crippen LogP contribution is -2.64. The van der Waals surface area contributed by atoms with E-state index in [1.54, 1.807) is 30.3 Å². The van der Waals surface area contributed by atoms with Gasteiger partial charge in [-0.1, -0.05) is 85.6 Å². The highest BCUT2D eigenvalue weighted by Crippen LogP contribution is 2.50. The van der Waals surface area contributed by atoms with E-state index in [1.807, 2.05) is 13.8 Å². The highest BCUT2D eigenvalue weighted by Gasteiger charge is 2.53. The van der Waals surface area contributed by atoms with Gasteiger partial charge in [0.15, 0.2) is 30.2 Å². The second-order valence-corrected chi connectivity index (χ2v) is 31.9. The number of benzene rings is 6. The van der Waals surface area contributed by atoms with Gasteiger partial charge in [0.1, 0.15) is 95.5 Å². The number of nitrogens with two attached hydrogens (primary N) is 3. The minimum absolute atomic E-state index is 0.109. The molecule has 0 spiro atoms. The Hall–Kier alpha value is -10.1. The lowest BCUT2D eigenvalue weighted by Gasteiger charge is -2.47. The predicted octanol–water partition coefficient (Wildman–Crippen LogP) is 1.58. The molecule has 23 N–H and O–H groups in total. The average Bonchev–Trinajstić information content (AvgIpc) is 0.763. The highest BCUT2D eigenvalue weighted by atomic mass is 35.5. The molecule has 36 nitrogen and oxygen atoms in total. The number of likely N-dealkylation sites (N-methyl/N-ethyl adjacent to an activating group) is 1. The van der Waals surface area contributed by atoms with Crippen molar-refractivity contribution in [1.29, 1.82) is 0 Å². The van der Waals surface area contributed by atoms with Crippen LogP contribution in [-0.4, -0.2) is 210 Å². The number of fused-ring (bicyclic) bond motifs is 15. The number of hydrogen-bond acceptors (Lipinski definition) is 28. The van der Waals surface area contributed by atoms with Gasteiger partial charge in [-0.3, -0.25) is 38.4 Å². The molecule has 22 atom stereocenters. The number of aliphatic hydroxyl groups is 6. The van der Waals surface area contributed by atoms with Crippen molar-refractivity contribution in [1.82, 2.24) is 42.5 Å². The van der Waals surface area contributed by atoms with Crippen LogP contribution in [0.25, 0.3) is 11.1 Å². The summed E-state index contributed by atoms with van der Waals surface area (Å²) in [5.41, 5.74) is 14.6. The first kappa shape index (κ1) is 87.2. The quantitative estimate of drug-likeness (QED) is 0.0616. The number of ether oxygens (including phenoxy) is 8. The summed E-state index contributed by atoms with van der Waals surface area (Å²) in [6.45, 7) is 8.49. The molecule has 0 aromatic heterocycles. The Morgan fingerprint density at radius 3 is 1.82 bits per heavy atom. The first-order chi connectivity index (χ1) is 55.8. The maximum absolute atomic E-state index is 16.6. The van der Waals surface area contributed by atoms with E-state index in [1.165, 1.54) is 65.1 Å². The van der Waals surface area contributed by atoms with Crippen LogP contribution in [0.3, 0.4) is 0 Å². The molecule has 8 heterocycles. The van der Waals surface area contributed by atoms with Crippen LogP contribution in [0, 0.1) is 5.92 Å². The van der Waals surface area contributed by atoms with Crippen molar-refractivity contribution in [2.75, 3.05) is 13.7 Å². The first-order valence-electron chi connectivity index (χ1n) is 38.0. The molecule has 38 heteroatoms. The predicted molar refractivity (Wildman–Crippen MR) is 416 cm³/mol. The van der Waals surface area contributed by atoms with Crippen molar-refractivity contribution in [2.24, 2.45) is 23.1 Å². The number of hydrogen-bond donors (Lipinski definition) is 20. The number of amides is 8. The van der Waals surface area contributed by atoms with E-state index < -0.39 is 250 Å². The zero-order valence-electron chi connectivity index (χ0n) is 64.8. The summed E-state index contributed by atoms with van der Waals surface area (Å²) in [6, 6.07) is 9.10. The van der Waals surface area contributed by atoms with Gasteiger partial charge >= 0.3 is 0 Å². The SMILES string of the molecule is CN[C@H](CC(C)C)C(=O)N[C@H]1C(=O)N[C@@H](CC(N)=O)C(=O)N[C@H]2C(=O)N[C@H]3C(=O)N[C@H](C(=O)N[C@H](C(=O)NCc4ccccc4)c4cc(O)cc(O)c4-c4cc3ccc4O)[C@H](O[C@H]3C[C@](C)(N)[C@@H](O)[C@H](C)O3)c3ccc(c(Cl)c3)Oc3cc2cc(c3O[C@@H]2O[C@H](CO)[C@@H](O)[C@H](O)[C@H]2O[C@H]2C[C@](C)(N)[C@H](O)[C@H](C)O2)Oc2ccc(cc2Cl)[C@H]1O. The number of aromatic hydroxyl groups is 3. The van der Waals surface area contributed by atoms with Gasteiger partial charge < -0.3 is 144 Å². The molecule has 0 unspecified atom stereocenters. The lowest BCUT2D eigenvalue weighted by molar-refractivity contribution is -0.333.